The van der Waals surface area contributed by atoms with Crippen LogP contribution < -0.4 is 5.73 Å². The molecule has 0 fully saturated rings. The van der Waals surface area contributed by atoms with Crippen molar-refractivity contribution in [3.05, 3.63) is 34.4 Å². The summed E-state index contributed by atoms with van der Waals surface area (Å²) in [4.78, 5) is 25.7. The van der Waals surface area contributed by atoms with E-state index in [0.717, 1.165) is 11.1 Å². The molecule has 2 N–H and O–H groups in total. The Labute approximate surface area is 100 Å². The van der Waals surface area contributed by atoms with Crippen LogP contribution in [0.15, 0.2) is 12.1 Å². The minimum Gasteiger partial charge on any atom is -0.328 e. The van der Waals surface area contributed by atoms with Gasteiger partial charge < -0.3 is 5.73 Å². The lowest BCUT2D eigenvalue weighted by Gasteiger charge is -2.20. The van der Waals surface area contributed by atoms with E-state index in [4.69, 9.17) is 5.73 Å². The molecule has 0 aromatic heterocycles. The number of nitrogens with zero attached hydrogens (tertiary/aromatic N) is 1. The quantitative estimate of drug-likeness (QED) is 0.780. The Balaban J connectivity index is 2.61. The summed E-state index contributed by atoms with van der Waals surface area (Å²) < 4.78 is 0. The van der Waals surface area contributed by atoms with Gasteiger partial charge in [-0.1, -0.05) is 12.1 Å². The lowest BCUT2D eigenvalue weighted by atomic mass is 9.99. The predicted molar refractivity (Wildman–Crippen MR) is 64.9 cm³/mol. The first kappa shape index (κ1) is 11.8. The minimum absolute atomic E-state index is 0.218. The summed E-state index contributed by atoms with van der Waals surface area (Å²) in [6.45, 7) is 5.76. The second-order valence-electron chi connectivity index (χ2n) is 4.51. The standard InChI is InChI=1S/C13H16N2O2/c1-7-4-5-8(2)11-10(7)12(16)15(13(11)17)9(3)6-14/h4-5,9H,6,14H2,1-3H3. The predicted octanol–water partition coefficient (Wildman–Crippen LogP) is 1.25. The molecule has 90 valence electrons. The molecule has 2 amide bonds. The van der Waals surface area contributed by atoms with Crippen LogP contribution in [0.3, 0.4) is 0 Å². The van der Waals surface area contributed by atoms with Crippen LogP contribution in [0.2, 0.25) is 0 Å². The van der Waals surface area contributed by atoms with Gasteiger partial charge in [0.05, 0.1) is 11.1 Å². The van der Waals surface area contributed by atoms with E-state index in [0.29, 0.717) is 11.1 Å². The van der Waals surface area contributed by atoms with Crippen LogP contribution in [0.25, 0.3) is 0 Å². The Morgan fingerprint density at radius 1 is 1.12 bits per heavy atom. The number of hydrogen-bond donors (Lipinski definition) is 1. The Kier molecular flexibility index (Phi) is 2.75. The van der Waals surface area contributed by atoms with Gasteiger partial charge in [-0.2, -0.15) is 0 Å². The van der Waals surface area contributed by atoms with E-state index < -0.39 is 0 Å². The average molecular weight is 232 g/mol. The van der Waals surface area contributed by atoms with Gasteiger partial charge in [-0.3, -0.25) is 14.5 Å². The molecule has 1 heterocycles. The number of carbonyl (C=O) groups excluding carboxylic acids is 2. The Hall–Kier alpha value is -1.68. The van der Waals surface area contributed by atoms with Crippen LogP contribution in [-0.2, 0) is 0 Å². The van der Waals surface area contributed by atoms with Crippen LogP contribution in [0.5, 0.6) is 0 Å². The third kappa shape index (κ3) is 1.56. The molecule has 2 rings (SSSR count). The molecule has 0 aliphatic carbocycles. The molecule has 0 radical (unpaired) electrons. The second-order valence-corrected chi connectivity index (χ2v) is 4.51. The van der Waals surface area contributed by atoms with E-state index in [1.54, 1.807) is 6.92 Å². The van der Waals surface area contributed by atoms with Crippen LogP contribution in [0, 0.1) is 13.8 Å². The van der Waals surface area contributed by atoms with E-state index in [9.17, 15) is 9.59 Å². The molecule has 1 atom stereocenters. The van der Waals surface area contributed by atoms with Gasteiger partial charge in [-0.05, 0) is 31.9 Å². The largest absolute Gasteiger partial charge is 0.328 e. The lowest BCUT2D eigenvalue weighted by molar-refractivity contribution is 0.0601. The van der Waals surface area contributed by atoms with Gasteiger partial charge in [0, 0.05) is 12.6 Å². The summed E-state index contributed by atoms with van der Waals surface area (Å²) in [6, 6.07) is 3.48. The lowest BCUT2D eigenvalue weighted by Crippen LogP contribution is -2.42. The summed E-state index contributed by atoms with van der Waals surface area (Å²) in [5.41, 5.74) is 8.30. The van der Waals surface area contributed by atoms with Gasteiger partial charge in [-0.25, -0.2) is 0 Å². The second kappa shape index (κ2) is 3.96. The summed E-state index contributed by atoms with van der Waals surface area (Å²) >= 11 is 0. The molecule has 0 saturated heterocycles. The maximum Gasteiger partial charge on any atom is 0.262 e. The maximum atomic E-state index is 12.2. The van der Waals surface area contributed by atoms with E-state index >= 15 is 0 Å². The molecule has 1 aromatic carbocycles. The molecule has 1 aliphatic heterocycles. The van der Waals surface area contributed by atoms with Crippen molar-refractivity contribution in [2.75, 3.05) is 6.54 Å². The summed E-state index contributed by atoms with van der Waals surface area (Å²) in [5.74, 6) is -0.437. The topological polar surface area (TPSA) is 63.4 Å². The van der Waals surface area contributed by atoms with Crippen molar-refractivity contribution in [1.82, 2.24) is 4.90 Å². The SMILES string of the molecule is Cc1ccc(C)c2c1C(=O)N(C(C)CN)C2=O. The minimum atomic E-state index is -0.263. The van der Waals surface area contributed by atoms with Gasteiger partial charge >= 0.3 is 0 Å². The summed E-state index contributed by atoms with van der Waals surface area (Å²) in [5, 5.41) is 0. The smallest absolute Gasteiger partial charge is 0.262 e. The first-order valence-corrected chi connectivity index (χ1v) is 5.67. The van der Waals surface area contributed by atoms with E-state index in [1.807, 2.05) is 26.0 Å². The zero-order chi connectivity index (χ0) is 12.7. The molecular formula is C13H16N2O2. The summed E-state index contributed by atoms with van der Waals surface area (Å²) in [7, 11) is 0. The number of rotatable bonds is 2. The van der Waals surface area contributed by atoms with Crippen molar-refractivity contribution in [1.29, 1.82) is 0 Å². The fraction of sp³-hybridized carbons (Fsp3) is 0.385. The fourth-order valence-electron chi connectivity index (χ4n) is 2.20. The first-order chi connectivity index (χ1) is 7.99. The monoisotopic (exact) mass is 232 g/mol. The van der Waals surface area contributed by atoms with Gasteiger partial charge in [0.1, 0.15) is 0 Å². The molecule has 4 nitrogen and oxygen atoms in total. The maximum absolute atomic E-state index is 12.2. The number of benzene rings is 1. The van der Waals surface area contributed by atoms with Crippen molar-refractivity contribution < 1.29 is 9.59 Å². The molecule has 0 saturated carbocycles. The van der Waals surface area contributed by atoms with Gasteiger partial charge in [-0.15, -0.1) is 0 Å². The number of nitrogens with two attached hydrogens (primary N) is 1. The fourth-order valence-corrected chi connectivity index (χ4v) is 2.20. The van der Waals surface area contributed by atoms with Crippen LogP contribution in [0.4, 0.5) is 0 Å². The van der Waals surface area contributed by atoms with Crippen molar-refractivity contribution >= 4 is 11.8 Å². The molecule has 1 unspecified atom stereocenters. The number of fused-ring (bicyclic) bond motifs is 1. The Morgan fingerprint density at radius 2 is 1.53 bits per heavy atom. The number of carbonyl (C=O) groups is 2. The zero-order valence-corrected chi connectivity index (χ0v) is 10.3. The molecule has 0 spiro atoms. The molecule has 4 heteroatoms. The normalized spacial score (nSPS) is 16.4. The van der Waals surface area contributed by atoms with E-state index in [1.165, 1.54) is 4.90 Å². The van der Waals surface area contributed by atoms with Crippen molar-refractivity contribution in [3.63, 3.8) is 0 Å². The zero-order valence-electron chi connectivity index (χ0n) is 10.3. The number of imide groups is 1. The molecular weight excluding hydrogens is 216 g/mol. The van der Waals surface area contributed by atoms with Gasteiger partial charge in [0.15, 0.2) is 0 Å². The third-order valence-corrected chi connectivity index (χ3v) is 3.27. The molecule has 17 heavy (non-hydrogen) atoms. The first-order valence-electron chi connectivity index (χ1n) is 5.67. The van der Waals surface area contributed by atoms with Crippen molar-refractivity contribution in [3.8, 4) is 0 Å². The van der Waals surface area contributed by atoms with Gasteiger partial charge in [0.25, 0.3) is 11.8 Å². The average Bonchev–Trinajstić information content (AvgIpc) is 2.56. The van der Waals surface area contributed by atoms with Gasteiger partial charge in [0.2, 0.25) is 0 Å². The number of amides is 2. The highest BCUT2D eigenvalue weighted by atomic mass is 16.2. The highest BCUT2D eigenvalue weighted by Gasteiger charge is 2.39. The number of hydrogen-bond acceptors (Lipinski definition) is 3. The van der Waals surface area contributed by atoms with Crippen LogP contribution in [0.1, 0.15) is 38.8 Å². The molecule has 1 aromatic rings. The van der Waals surface area contributed by atoms with Crippen LogP contribution in [-0.4, -0.2) is 29.3 Å². The Morgan fingerprint density at radius 3 is 1.88 bits per heavy atom. The van der Waals surface area contributed by atoms with Crippen molar-refractivity contribution in [2.24, 2.45) is 5.73 Å². The van der Waals surface area contributed by atoms with Crippen LogP contribution >= 0.6 is 0 Å². The number of aryl methyl sites for hydroxylation is 2. The summed E-state index contributed by atoms with van der Waals surface area (Å²) in [6.07, 6.45) is 0. The third-order valence-electron chi connectivity index (χ3n) is 3.27. The molecule has 0 bridgehead atoms. The Bertz CT molecular complexity index is 467. The molecule has 1 aliphatic rings. The highest BCUT2D eigenvalue weighted by molar-refractivity contribution is 6.22. The highest BCUT2D eigenvalue weighted by Crippen LogP contribution is 2.29. The van der Waals surface area contributed by atoms with E-state index in [-0.39, 0.29) is 24.4 Å². The van der Waals surface area contributed by atoms with Crippen molar-refractivity contribution in [2.45, 2.75) is 26.8 Å². The van der Waals surface area contributed by atoms with E-state index in [2.05, 4.69) is 0 Å².